The van der Waals surface area contributed by atoms with Crippen LogP contribution < -0.4 is 15.0 Å². The van der Waals surface area contributed by atoms with E-state index in [1.165, 1.54) is 11.0 Å². The number of ether oxygens (including phenoxy) is 1. The Balaban J connectivity index is 1.65. The SMILES string of the molecule is CCOc1ccc(NC(=O)[C@@H]2CC(=O)N(c3ccccc3F)C2)cc1. The molecular weight excluding hydrogens is 323 g/mol. The fraction of sp³-hybridized carbons (Fsp3) is 0.263. The van der Waals surface area contributed by atoms with Crippen molar-refractivity contribution in [3.63, 3.8) is 0 Å². The quantitative estimate of drug-likeness (QED) is 0.908. The Hall–Kier alpha value is -2.89. The van der Waals surface area contributed by atoms with E-state index >= 15 is 0 Å². The summed E-state index contributed by atoms with van der Waals surface area (Å²) in [7, 11) is 0. The highest BCUT2D eigenvalue weighted by Gasteiger charge is 2.36. The monoisotopic (exact) mass is 342 g/mol. The van der Waals surface area contributed by atoms with Crippen molar-refractivity contribution in [3.05, 3.63) is 54.3 Å². The van der Waals surface area contributed by atoms with E-state index in [1.807, 2.05) is 6.92 Å². The highest BCUT2D eigenvalue weighted by Crippen LogP contribution is 2.28. The molecule has 3 rings (SSSR count). The second-order valence-electron chi connectivity index (χ2n) is 5.80. The average molecular weight is 342 g/mol. The molecule has 1 atom stereocenters. The zero-order chi connectivity index (χ0) is 17.8. The van der Waals surface area contributed by atoms with Gasteiger partial charge >= 0.3 is 0 Å². The van der Waals surface area contributed by atoms with Gasteiger partial charge in [0, 0.05) is 18.7 Å². The van der Waals surface area contributed by atoms with Crippen LogP contribution >= 0.6 is 0 Å². The van der Waals surface area contributed by atoms with Crippen molar-refractivity contribution in [3.8, 4) is 5.75 Å². The number of nitrogens with one attached hydrogen (secondary N) is 1. The first-order chi connectivity index (χ1) is 12.1. The average Bonchev–Trinajstić information content (AvgIpc) is 2.99. The Bertz CT molecular complexity index is 776. The van der Waals surface area contributed by atoms with Gasteiger partial charge in [-0.15, -0.1) is 0 Å². The van der Waals surface area contributed by atoms with Crippen LogP contribution in [0.4, 0.5) is 15.8 Å². The Morgan fingerprint density at radius 2 is 1.96 bits per heavy atom. The molecule has 0 spiro atoms. The fourth-order valence-electron chi connectivity index (χ4n) is 2.83. The van der Waals surface area contributed by atoms with Gasteiger partial charge in [0.25, 0.3) is 0 Å². The topological polar surface area (TPSA) is 58.6 Å². The van der Waals surface area contributed by atoms with Gasteiger partial charge in [-0.3, -0.25) is 9.59 Å². The number of nitrogens with zero attached hydrogens (tertiary/aromatic N) is 1. The van der Waals surface area contributed by atoms with Crippen LogP contribution in [0.25, 0.3) is 0 Å². The zero-order valence-electron chi connectivity index (χ0n) is 13.9. The summed E-state index contributed by atoms with van der Waals surface area (Å²) < 4.78 is 19.2. The number of carbonyl (C=O) groups is 2. The van der Waals surface area contributed by atoms with Crippen molar-refractivity contribution in [2.24, 2.45) is 5.92 Å². The minimum absolute atomic E-state index is 0.0667. The molecule has 1 aliphatic heterocycles. The molecule has 1 N–H and O–H groups in total. The summed E-state index contributed by atoms with van der Waals surface area (Å²) in [6, 6.07) is 13.1. The van der Waals surface area contributed by atoms with Gasteiger partial charge in [-0.05, 0) is 43.3 Å². The van der Waals surface area contributed by atoms with Crippen LogP contribution in [0.1, 0.15) is 13.3 Å². The first-order valence-corrected chi connectivity index (χ1v) is 8.17. The van der Waals surface area contributed by atoms with Crippen LogP contribution in [0.3, 0.4) is 0 Å². The van der Waals surface area contributed by atoms with Gasteiger partial charge in [0.05, 0.1) is 18.2 Å². The molecule has 2 aromatic carbocycles. The van der Waals surface area contributed by atoms with Crippen LogP contribution in [-0.2, 0) is 9.59 Å². The van der Waals surface area contributed by atoms with Crippen LogP contribution in [-0.4, -0.2) is 25.0 Å². The van der Waals surface area contributed by atoms with E-state index in [2.05, 4.69) is 5.32 Å². The normalized spacial score (nSPS) is 16.8. The summed E-state index contributed by atoms with van der Waals surface area (Å²) in [6.07, 6.45) is 0.0667. The number of anilines is 2. The molecule has 0 unspecified atom stereocenters. The molecule has 0 saturated carbocycles. The molecule has 1 saturated heterocycles. The van der Waals surface area contributed by atoms with Crippen molar-refractivity contribution in [2.45, 2.75) is 13.3 Å². The number of carbonyl (C=O) groups excluding carboxylic acids is 2. The summed E-state index contributed by atoms with van der Waals surface area (Å²) >= 11 is 0. The highest BCUT2D eigenvalue weighted by molar-refractivity contribution is 6.03. The van der Waals surface area contributed by atoms with E-state index < -0.39 is 11.7 Å². The van der Waals surface area contributed by atoms with Gasteiger partial charge in [0.2, 0.25) is 11.8 Å². The van der Waals surface area contributed by atoms with E-state index in [4.69, 9.17) is 4.74 Å². The number of hydrogen-bond donors (Lipinski definition) is 1. The molecule has 25 heavy (non-hydrogen) atoms. The Kier molecular flexibility index (Phi) is 4.97. The first kappa shape index (κ1) is 17.0. The van der Waals surface area contributed by atoms with Crippen LogP contribution in [0, 0.1) is 11.7 Å². The second kappa shape index (κ2) is 7.34. The highest BCUT2D eigenvalue weighted by atomic mass is 19.1. The van der Waals surface area contributed by atoms with Gasteiger partial charge in [0.1, 0.15) is 11.6 Å². The maximum Gasteiger partial charge on any atom is 0.229 e. The van der Waals surface area contributed by atoms with E-state index in [0.29, 0.717) is 12.3 Å². The fourth-order valence-corrected chi connectivity index (χ4v) is 2.83. The van der Waals surface area contributed by atoms with Crippen LogP contribution in [0.5, 0.6) is 5.75 Å². The Morgan fingerprint density at radius 1 is 1.24 bits per heavy atom. The number of hydrogen-bond acceptors (Lipinski definition) is 3. The molecule has 5 nitrogen and oxygen atoms in total. The number of benzene rings is 2. The van der Waals surface area contributed by atoms with Gasteiger partial charge in [0.15, 0.2) is 0 Å². The molecule has 0 bridgehead atoms. The summed E-state index contributed by atoms with van der Waals surface area (Å²) in [4.78, 5) is 25.9. The molecule has 1 aliphatic rings. The lowest BCUT2D eigenvalue weighted by Gasteiger charge is -2.17. The largest absolute Gasteiger partial charge is 0.494 e. The molecule has 2 aromatic rings. The summed E-state index contributed by atoms with van der Waals surface area (Å²) in [6.45, 7) is 2.64. The van der Waals surface area contributed by atoms with Crippen molar-refractivity contribution in [2.75, 3.05) is 23.4 Å². The number of para-hydroxylation sites is 1. The van der Waals surface area contributed by atoms with E-state index in [1.54, 1.807) is 42.5 Å². The summed E-state index contributed by atoms with van der Waals surface area (Å²) in [5.41, 5.74) is 0.842. The summed E-state index contributed by atoms with van der Waals surface area (Å²) in [5, 5.41) is 2.79. The third kappa shape index (κ3) is 3.79. The summed E-state index contributed by atoms with van der Waals surface area (Å²) in [5.74, 6) is -0.766. The minimum atomic E-state index is -0.515. The van der Waals surface area contributed by atoms with Crippen molar-refractivity contribution >= 4 is 23.2 Å². The standard InChI is InChI=1S/C19H19FN2O3/c1-2-25-15-9-7-14(8-10-15)21-19(24)13-11-18(23)22(12-13)17-6-4-3-5-16(17)20/h3-10,13H,2,11-12H2,1H3,(H,21,24)/t13-/m1/s1. The van der Waals surface area contributed by atoms with E-state index in [0.717, 1.165) is 5.75 Å². The van der Waals surface area contributed by atoms with Crippen LogP contribution in [0.2, 0.25) is 0 Å². The number of amides is 2. The molecule has 0 aliphatic carbocycles. The molecule has 1 heterocycles. The Morgan fingerprint density at radius 3 is 2.64 bits per heavy atom. The predicted octanol–water partition coefficient (Wildman–Crippen LogP) is 3.22. The maximum atomic E-state index is 13.9. The maximum absolute atomic E-state index is 13.9. The first-order valence-electron chi connectivity index (χ1n) is 8.17. The third-order valence-corrected chi connectivity index (χ3v) is 4.07. The number of rotatable bonds is 5. The molecule has 6 heteroatoms. The Labute approximate surface area is 145 Å². The molecular formula is C19H19FN2O3. The predicted molar refractivity (Wildman–Crippen MR) is 93.1 cm³/mol. The molecule has 1 fully saturated rings. The zero-order valence-corrected chi connectivity index (χ0v) is 13.9. The molecule has 0 aromatic heterocycles. The smallest absolute Gasteiger partial charge is 0.229 e. The molecule has 130 valence electrons. The third-order valence-electron chi connectivity index (χ3n) is 4.07. The lowest BCUT2D eigenvalue weighted by molar-refractivity contribution is -0.122. The lowest BCUT2D eigenvalue weighted by Crippen LogP contribution is -2.28. The second-order valence-corrected chi connectivity index (χ2v) is 5.80. The number of halogens is 1. The van der Waals surface area contributed by atoms with E-state index in [-0.39, 0.29) is 30.5 Å². The van der Waals surface area contributed by atoms with Gasteiger partial charge in [-0.25, -0.2) is 4.39 Å². The molecule has 2 amide bonds. The van der Waals surface area contributed by atoms with Gasteiger partial charge in [-0.1, -0.05) is 12.1 Å². The van der Waals surface area contributed by atoms with Gasteiger partial charge < -0.3 is 15.0 Å². The van der Waals surface area contributed by atoms with Crippen molar-refractivity contribution in [1.82, 2.24) is 0 Å². The van der Waals surface area contributed by atoms with E-state index in [9.17, 15) is 14.0 Å². The lowest BCUT2D eigenvalue weighted by atomic mass is 10.1. The minimum Gasteiger partial charge on any atom is -0.494 e. The van der Waals surface area contributed by atoms with Crippen molar-refractivity contribution < 1.29 is 18.7 Å². The van der Waals surface area contributed by atoms with Crippen molar-refractivity contribution in [1.29, 1.82) is 0 Å². The molecule has 0 radical (unpaired) electrons. The van der Waals surface area contributed by atoms with Crippen LogP contribution in [0.15, 0.2) is 48.5 Å². The van der Waals surface area contributed by atoms with Gasteiger partial charge in [-0.2, -0.15) is 0 Å².